The van der Waals surface area contributed by atoms with Gasteiger partial charge in [0, 0.05) is 0 Å². The van der Waals surface area contributed by atoms with Crippen molar-refractivity contribution in [3.8, 4) is 0 Å². The van der Waals surface area contributed by atoms with Gasteiger partial charge in [0.2, 0.25) is 0 Å². The number of allylic oxidation sites excluding steroid dienone is 1. The van der Waals surface area contributed by atoms with E-state index in [2.05, 4.69) is 99.7 Å². The lowest BCUT2D eigenvalue weighted by Gasteiger charge is -2.24. The minimum Gasteiger partial charge on any atom is -0.0622 e. The average Bonchev–Trinajstić information content (AvgIpc) is 3.21. The summed E-state index contributed by atoms with van der Waals surface area (Å²) >= 11 is 0. The quantitative estimate of drug-likeness (QED) is 0.553. The van der Waals surface area contributed by atoms with Crippen LogP contribution in [-0.4, -0.2) is 17.6 Å². The molecule has 0 saturated carbocycles. The maximum atomic E-state index is 2.56. The van der Waals surface area contributed by atoms with E-state index in [1.807, 2.05) is 0 Å². The van der Waals surface area contributed by atoms with Crippen LogP contribution in [0.5, 0.6) is 0 Å². The van der Waals surface area contributed by atoms with Crippen LogP contribution in [0.25, 0.3) is 22.0 Å². The first-order valence-electron chi connectivity index (χ1n) is 10.2. The Morgan fingerprint density at radius 1 is 0.786 bits per heavy atom. The fourth-order valence-corrected chi connectivity index (χ4v) is 11.1. The van der Waals surface area contributed by atoms with Crippen LogP contribution in [0.1, 0.15) is 34.7 Å². The van der Waals surface area contributed by atoms with Crippen LogP contribution < -0.4 is 10.4 Å². The summed E-state index contributed by atoms with van der Waals surface area (Å²) in [4.78, 5) is 0. The Kier molecular flexibility index (Phi) is 3.97. The zero-order chi connectivity index (χ0) is 19.5. The van der Waals surface area contributed by atoms with Gasteiger partial charge >= 0.3 is 0 Å². The monoisotopic (exact) mass is 394 g/mol. The van der Waals surface area contributed by atoms with E-state index in [1.54, 1.807) is 31.9 Å². The van der Waals surface area contributed by atoms with Crippen LogP contribution in [0.2, 0.25) is 13.1 Å². The number of benzene rings is 3. The largest absolute Gasteiger partial charge is 0.114 e. The summed E-state index contributed by atoms with van der Waals surface area (Å²) < 4.78 is 0. The van der Waals surface area contributed by atoms with E-state index in [4.69, 9.17) is 0 Å². The first-order valence-corrected chi connectivity index (χ1v) is 14.6. The third-order valence-electron chi connectivity index (χ3n) is 6.70. The van der Waals surface area contributed by atoms with Gasteiger partial charge in [-0.25, -0.2) is 0 Å². The minimum atomic E-state index is -1.70. The highest BCUT2D eigenvalue weighted by Crippen LogP contribution is 2.41. The van der Waals surface area contributed by atoms with Gasteiger partial charge in [0.1, 0.15) is 8.07 Å². The molecule has 0 atom stereocenters. The molecular weight excluding hydrogens is 368 g/mol. The second-order valence-electron chi connectivity index (χ2n) is 8.70. The molecule has 0 radical (unpaired) electrons. The third-order valence-corrected chi connectivity index (χ3v) is 12.6. The van der Waals surface area contributed by atoms with Gasteiger partial charge < -0.3 is 0 Å². The Balaban J connectivity index is 1.67. The van der Waals surface area contributed by atoms with Crippen molar-refractivity contribution in [3.63, 3.8) is 0 Å². The number of fused-ring (bicyclic) bond motifs is 2. The van der Waals surface area contributed by atoms with E-state index in [1.165, 1.54) is 22.3 Å². The van der Waals surface area contributed by atoms with E-state index >= 15 is 0 Å². The first kappa shape index (κ1) is 17.7. The molecule has 0 N–H and O–H groups in total. The molecule has 0 fully saturated rings. The summed E-state index contributed by atoms with van der Waals surface area (Å²) in [5, 5.41) is 6.52. The van der Waals surface area contributed by atoms with Gasteiger partial charge in [0.25, 0.3) is 0 Å². The Hall–Kier alpha value is -2.43. The molecule has 0 nitrogen and oxygen atoms in total. The van der Waals surface area contributed by atoms with Crippen molar-refractivity contribution in [2.75, 3.05) is 0 Å². The highest BCUT2D eigenvalue weighted by Gasteiger charge is 2.40. The topological polar surface area (TPSA) is 0 Å². The summed E-state index contributed by atoms with van der Waals surface area (Å²) in [5.41, 5.74) is 9.00. The summed E-state index contributed by atoms with van der Waals surface area (Å²) in [6.07, 6.45) is 2.49. The van der Waals surface area contributed by atoms with E-state index in [0.29, 0.717) is 0 Å². The number of rotatable bonds is 2. The highest BCUT2D eigenvalue weighted by molar-refractivity contribution is 7.07. The van der Waals surface area contributed by atoms with E-state index < -0.39 is 17.6 Å². The van der Waals surface area contributed by atoms with Gasteiger partial charge in [-0.1, -0.05) is 96.3 Å². The third kappa shape index (κ3) is 2.48. The SMILES string of the molecule is CC1=C(c2ccccc2)[Si](C)(C)c2cc3c(c(C)c21)[SiH2]C(c1ccccc1)=C3. The van der Waals surface area contributed by atoms with Crippen LogP contribution in [0.4, 0.5) is 0 Å². The zero-order valence-electron chi connectivity index (χ0n) is 17.1. The lowest BCUT2D eigenvalue weighted by Crippen LogP contribution is -2.42. The smallest absolute Gasteiger partial charge is 0.0622 e. The molecule has 138 valence electrons. The normalized spacial score (nSPS) is 17.6. The van der Waals surface area contributed by atoms with Crippen molar-refractivity contribution in [2.24, 2.45) is 0 Å². The highest BCUT2D eigenvalue weighted by atomic mass is 28.3. The van der Waals surface area contributed by atoms with E-state index in [9.17, 15) is 0 Å². The minimum absolute atomic E-state index is 0.425. The molecule has 2 heteroatoms. The van der Waals surface area contributed by atoms with Crippen LogP contribution >= 0.6 is 0 Å². The first-order chi connectivity index (χ1) is 13.5. The van der Waals surface area contributed by atoms with Crippen molar-refractivity contribution < 1.29 is 0 Å². The van der Waals surface area contributed by atoms with Crippen molar-refractivity contribution in [3.05, 3.63) is 94.5 Å². The second kappa shape index (κ2) is 6.30. The Bertz CT molecular complexity index is 1150. The van der Waals surface area contributed by atoms with Gasteiger partial charge in [0.15, 0.2) is 0 Å². The van der Waals surface area contributed by atoms with Gasteiger partial charge in [-0.3, -0.25) is 0 Å². The molecular formula is C26H26Si2. The average molecular weight is 395 g/mol. The Morgan fingerprint density at radius 2 is 1.39 bits per heavy atom. The molecule has 3 aromatic carbocycles. The fraction of sp³-hybridized carbons (Fsp3) is 0.154. The zero-order valence-corrected chi connectivity index (χ0v) is 19.5. The van der Waals surface area contributed by atoms with E-state index in [0.717, 1.165) is 0 Å². The molecule has 2 heterocycles. The van der Waals surface area contributed by atoms with Crippen LogP contribution in [0.15, 0.2) is 66.7 Å². The molecule has 2 aliphatic rings. The molecule has 5 rings (SSSR count). The molecule has 0 saturated heterocycles. The van der Waals surface area contributed by atoms with Crippen molar-refractivity contribution >= 4 is 50.0 Å². The lowest BCUT2D eigenvalue weighted by molar-refractivity contribution is 1.47. The van der Waals surface area contributed by atoms with Gasteiger partial charge in [-0.2, -0.15) is 0 Å². The molecule has 3 aromatic rings. The molecule has 0 bridgehead atoms. The summed E-state index contributed by atoms with van der Waals surface area (Å²) in [7, 11) is -2.13. The maximum Gasteiger partial charge on any atom is 0.114 e. The predicted octanol–water partition coefficient (Wildman–Crippen LogP) is 4.70. The Morgan fingerprint density at radius 3 is 2.04 bits per heavy atom. The number of hydrogen-bond donors (Lipinski definition) is 0. The van der Waals surface area contributed by atoms with Crippen molar-refractivity contribution in [1.82, 2.24) is 0 Å². The second-order valence-corrected chi connectivity index (χ2v) is 14.8. The van der Waals surface area contributed by atoms with Crippen LogP contribution in [0.3, 0.4) is 0 Å². The lowest BCUT2D eigenvalue weighted by atomic mass is 9.97. The summed E-state index contributed by atoms with van der Waals surface area (Å²) in [6.45, 7) is 9.81. The standard InChI is InChI=1S/C26H26Si2/c1-17-24-18(2)26(20-13-9-6-10-14-20)28(3,4)23(24)16-21-15-22(27-25(17)21)19-11-7-5-8-12-19/h5-16H,27H2,1-4H3. The van der Waals surface area contributed by atoms with Gasteiger partial charge in [0.05, 0.1) is 9.52 Å². The molecule has 0 aliphatic carbocycles. The van der Waals surface area contributed by atoms with Gasteiger partial charge in [-0.05, 0) is 57.6 Å². The van der Waals surface area contributed by atoms with Crippen molar-refractivity contribution in [1.29, 1.82) is 0 Å². The molecule has 0 amide bonds. The summed E-state index contributed by atoms with van der Waals surface area (Å²) in [5.74, 6) is 0. The molecule has 28 heavy (non-hydrogen) atoms. The maximum absolute atomic E-state index is 2.56. The Labute approximate surface area is 171 Å². The molecule has 0 unspecified atom stereocenters. The van der Waals surface area contributed by atoms with E-state index in [-0.39, 0.29) is 0 Å². The molecule has 0 aromatic heterocycles. The van der Waals surface area contributed by atoms with Crippen LogP contribution in [0, 0.1) is 6.92 Å². The van der Waals surface area contributed by atoms with Gasteiger partial charge in [-0.15, -0.1) is 0 Å². The number of hydrogen-bond acceptors (Lipinski definition) is 0. The predicted molar refractivity (Wildman–Crippen MR) is 130 cm³/mol. The van der Waals surface area contributed by atoms with Crippen LogP contribution in [-0.2, 0) is 0 Å². The molecule has 2 aliphatic heterocycles. The molecule has 0 spiro atoms. The van der Waals surface area contributed by atoms with Crippen molar-refractivity contribution in [2.45, 2.75) is 26.9 Å². The summed E-state index contributed by atoms with van der Waals surface area (Å²) in [6, 6.07) is 24.6. The fourth-order valence-electron chi connectivity index (χ4n) is 5.40.